The van der Waals surface area contributed by atoms with E-state index in [0.717, 1.165) is 6.42 Å². The molecular weight excluding hydrogens is 221 g/mol. The molecular formula is C12H18FN3O. The van der Waals surface area contributed by atoms with E-state index in [-0.39, 0.29) is 17.3 Å². The predicted octanol–water partition coefficient (Wildman–Crippen LogP) is 1.92. The molecule has 1 heterocycles. The molecule has 1 amide bonds. The van der Waals surface area contributed by atoms with E-state index in [0.29, 0.717) is 12.5 Å². The maximum absolute atomic E-state index is 13.6. The minimum Gasteiger partial charge on any atom is -0.381 e. The molecule has 0 saturated heterocycles. The fraction of sp³-hybridized carbons (Fsp3) is 0.500. The van der Waals surface area contributed by atoms with Crippen LogP contribution in [0.3, 0.4) is 0 Å². The normalized spacial score (nSPS) is 12.2. The van der Waals surface area contributed by atoms with Crippen molar-refractivity contribution in [2.75, 3.05) is 19.3 Å². The molecule has 2 N–H and O–H groups in total. The first-order valence-corrected chi connectivity index (χ1v) is 5.62. The quantitative estimate of drug-likeness (QED) is 0.873. The number of nitrogens with two attached hydrogens (primary N) is 1. The van der Waals surface area contributed by atoms with Gasteiger partial charge in [-0.15, -0.1) is 0 Å². The van der Waals surface area contributed by atoms with Crippen molar-refractivity contribution in [3.63, 3.8) is 0 Å². The van der Waals surface area contributed by atoms with Crippen molar-refractivity contribution in [1.29, 1.82) is 0 Å². The van der Waals surface area contributed by atoms with Crippen LogP contribution in [-0.2, 0) is 0 Å². The van der Waals surface area contributed by atoms with Gasteiger partial charge < -0.3 is 10.6 Å². The highest BCUT2D eigenvalue weighted by Gasteiger charge is 2.19. The van der Waals surface area contributed by atoms with E-state index in [1.54, 1.807) is 7.05 Å². The van der Waals surface area contributed by atoms with Crippen LogP contribution in [-0.4, -0.2) is 29.4 Å². The van der Waals surface area contributed by atoms with Gasteiger partial charge >= 0.3 is 0 Å². The van der Waals surface area contributed by atoms with Crippen molar-refractivity contribution in [3.05, 3.63) is 23.6 Å². The van der Waals surface area contributed by atoms with E-state index in [1.807, 2.05) is 13.8 Å². The minimum atomic E-state index is -0.742. The van der Waals surface area contributed by atoms with Gasteiger partial charge in [-0.25, -0.2) is 9.37 Å². The Morgan fingerprint density at radius 2 is 2.29 bits per heavy atom. The number of pyridine rings is 1. The number of anilines is 1. The summed E-state index contributed by atoms with van der Waals surface area (Å²) >= 11 is 0. The molecule has 0 radical (unpaired) electrons. The maximum Gasteiger partial charge on any atom is 0.256 e. The molecule has 0 saturated carbocycles. The number of hydrogen-bond donors (Lipinski definition) is 1. The number of nitrogens with zero attached hydrogens (tertiary/aromatic N) is 2. The Balaban J connectivity index is 2.85. The number of halogens is 1. The van der Waals surface area contributed by atoms with Crippen LogP contribution in [0.15, 0.2) is 12.3 Å². The van der Waals surface area contributed by atoms with Gasteiger partial charge in [-0.2, -0.15) is 0 Å². The van der Waals surface area contributed by atoms with Crippen molar-refractivity contribution < 1.29 is 9.18 Å². The third-order valence-corrected chi connectivity index (χ3v) is 2.78. The molecule has 1 rings (SSSR count). The number of nitrogen functional groups attached to an aromatic ring is 1. The van der Waals surface area contributed by atoms with Gasteiger partial charge in [0.25, 0.3) is 5.91 Å². The van der Waals surface area contributed by atoms with Gasteiger partial charge in [-0.1, -0.05) is 20.3 Å². The molecule has 0 aliphatic rings. The predicted molar refractivity (Wildman–Crippen MR) is 65.0 cm³/mol. The second kappa shape index (κ2) is 5.61. The summed E-state index contributed by atoms with van der Waals surface area (Å²) in [5.74, 6) is -0.968. The second-order valence-corrected chi connectivity index (χ2v) is 4.26. The van der Waals surface area contributed by atoms with Gasteiger partial charge in [0, 0.05) is 19.8 Å². The fourth-order valence-electron chi connectivity index (χ4n) is 1.51. The monoisotopic (exact) mass is 239 g/mol. The van der Waals surface area contributed by atoms with Gasteiger partial charge in [0.1, 0.15) is 0 Å². The molecule has 0 aliphatic heterocycles. The lowest BCUT2D eigenvalue weighted by Crippen LogP contribution is -2.31. The topological polar surface area (TPSA) is 59.2 Å². The zero-order valence-electron chi connectivity index (χ0n) is 10.4. The Morgan fingerprint density at radius 1 is 1.65 bits per heavy atom. The molecule has 0 bridgehead atoms. The van der Waals surface area contributed by atoms with Crippen LogP contribution in [0.2, 0.25) is 0 Å². The highest BCUT2D eigenvalue weighted by Crippen LogP contribution is 2.14. The summed E-state index contributed by atoms with van der Waals surface area (Å²) in [7, 11) is 1.66. The zero-order chi connectivity index (χ0) is 13.0. The average molecular weight is 239 g/mol. The number of rotatable bonds is 4. The highest BCUT2D eigenvalue weighted by atomic mass is 19.1. The van der Waals surface area contributed by atoms with E-state index in [2.05, 4.69) is 4.98 Å². The summed E-state index contributed by atoms with van der Waals surface area (Å²) in [4.78, 5) is 17.1. The second-order valence-electron chi connectivity index (χ2n) is 4.26. The van der Waals surface area contributed by atoms with Crippen LogP contribution in [0.1, 0.15) is 30.6 Å². The highest BCUT2D eigenvalue weighted by molar-refractivity contribution is 5.94. The fourth-order valence-corrected chi connectivity index (χ4v) is 1.51. The summed E-state index contributed by atoms with van der Waals surface area (Å²) in [6.45, 7) is 4.69. The number of hydrogen-bond acceptors (Lipinski definition) is 3. The third-order valence-electron chi connectivity index (χ3n) is 2.78. The first-order valence-electron chi connectivity index (χ1n) is 5.62. The Morgan fingerprint density at radius 3 is 2.88 bits per heavy atom. The van der Waals surface area contributed by atoms with E-state index >= 15 is 0 Å². The van der Waals surface area contributed by atoms with Crippen molar-refractivity contribution in [3.8, 4) is 0 Å². The van der Waals surface area contributed by atoms with E-state index in [1.165, 1.54) is 17.2 Å². The smallest absolute Gasteiger partial charge is 0.256 e. The van der Waals surface area contributed by atoms with Gasteiger partial charge in [0.2, 0.25) is 0 Å². The Labute approximate surface area is 101 Å². The summed E-state index contributed by atoms with van der Waals surface area (Å²) in [6.07, 6.45) is 2.31. The average Bonchev–Trinajstić information content (AvgIpc) is 2.31. The molecule has 1 unspecified atom stereocenters. The van der Waals surface area contributed by atoms with Crippen LogP contribution in [0, 0.1) is 11.7 Å². The molecule has 1 aromatic rings. The van der Waals surface area contributed by atoms with E-state index in [9.17, 15) is 9.18 Å². The molecule has 1 atom stereocenters. The van der Waals surface area contributed by atoms with Gasteiger partial charge in [-0.05, 0) is 12.0 Å². The lowest BCUT2D eigenvalue weighted by Gasteiger charge is -2.21. The zero-order valence-corrected chi connectivity index (χ0v) is 10.4. The van der Waals surface area contributed by atoms with Crippen LogP contribution in [0.4, 0.5) is 10.2 Å². The SMILES string of the molecule is CCC(C)CN(C)C(=O)c1ccnc(N)c1F. The summed E-state index contributed by atoms with van der Waals surface area (Å²) in [5, 5.41) is 0. The molecule has 5 heteroatoms. The largest absolute Gasteiger partial charge is 0.381 e. The third kappa shape index (κ3) is 3.15. The van der Waals surface area contributed by atoms with Gasteiger partial charge in [0.15, 0.2) is 11.6 Å². The standard InChI is InChI=1S/C12H18FN3O/c1-4-8(2)7-16(3)12(17)9-5-6-15-11(14)10(9)13/h5-6,8H,4,7H2,1-3H3,(H2,14,15). The van der Waals surface area contributed by atoms with Crippen LogP contribution >= 0.6 is 0 Å². The van der Waals surface area contributed by atoms with E-state index < -0.39 is 5.82 Å². The molecule has 4 nitrogen and oxygen atoms in total. The van der Waals surface area contributed by atoms with Gasteiger partial charge in [0.05, 0.1) is 5.56 Å². The van der Waals surface area contributed by atoms with Gasteiger partial charge in [-0.3, -0.25) is 4.79 Å². The Hall–Kier alpha value is -1.65. The first kappa shape index (κ1) is 13.4. The lowest BCUT2D eigenvalue weighted by molar-refractivity contribution is 0.0770. The number of amides is 1. The summed E-state index contributed by atoms with van der Waals surface area (Å²) < 4.78 is 13.6. The van der Waals surface area contributed by atoms with Crippen LogP contribution in [0.25, 0.3) is 0 Å². The number of carbonyl (C=O) groups is 1. The molecule has 1 aromatic heterocycles. The first-order chi connectivity index (χ1) is 7.97. The minimum absolute atomic E-state index is 0.0247. The molecule has 0 aliphatic carbocycles. The van der Waals surface area contributed by atoms with Crippen LogP contribution < -0.4 is 5.73 Å². The van der Waals surface area contributed by atoms with E-state index in [4.69, 9.17) is 5.73 Å². The molecule has 0 spiro atoms. The maximum atomic E-state index is 13.6. The van der Waals surface area contributed by atoms with Crippen LogP contribution in [0.5, 0.6) is 0 Å². The summed E-state index contributed by atoms with van der Waals surface area (Å²) in [6, 6.07) is 1.35. The molecule has 0 fully saturated rings. The number of aromatic nitrogens is 1. The Bertz CT molecular complexity index is 409. The Kier molecular flexibility index (Phi) is 4.43. The molecule has 0 aromatic carbocycles. The van der Waals surface area contributed by atoms with Crippen molar-refractivity contribution in [1.82, 2.24) is 9.88 Å². The van der Waals surface area contributed by atoms with Crippen molar-refractivity contribution in [2.45, 2.75) is 20.3 Å². The van der Waals surface area contributed by atoms with Crippen molar-refractivity contribution >= 4 is 11.7 Å². The molecule has 17 heavy (non-hydrogen) atoms. The lowest BCUT2D eigenvalue weighted by atomic mass is 10.1. The molecule has 94 valence electrons. The van der Waals surface area contributed by atoms with Crippen molar-refractivity contribution in [2.24, 2.45) is 5.92 Å². The number of carbonyl (C=O) groups excluding carboxylic acids is 1. The summed E-state index contributed by atoms with van der Waals surface area (Å²) in [5.41, 5.74) is 5.30.